The van der Waals surface area contributed by atoms with Gasteiger partial charge in [0, 0.05) is 5.69 Å². The first-order valence-electron chi connectivity index (χ1n) is 5.25. The van der Waals surface area contributed by atoms with Gasteiger partial charge in [0.1, 0.15) is 6.10 Å². The first kappa shape index (κ1) is 10.0. The maximum absolute atomic E-state index is 11.6. The maximum atomic E-state index is 11.6. The molecule has 1 aliphatic heterocycles. The number of cyclic esters (lactones) is 1. The Labute approximate surface area is 89.7 Å². The standard InChI is InChI=1S/C12H15NO2/c1-3-11-8-13(12(14)15-11)10-6-4-5-9(2)7-10/h4-7,11H,3,8H2,1-2H3. The topological polar surface area (TPSA) is 29.5 Å². The van der Waals surface area contributed by atoms with E-state index >= 15 is 0 Å². The first-order chi connectivity index (χ1) is 7.20. The van der Waals surface area contributed by atoms with Crippen molar-refractivity contribution in [2.24, 2.45) is 0 Å². The summed E-state index contributed by atoms with van der Waals surface area (Å²) in [5.41, 5.74) is 2.08. The lowest BCUT2D eigenvalue weighted by molar-refractivity contribution is 0.139. The third-order valence-electron chi connectivity index (χ3n) is 2.64. The summed E-state index contributed by atoms with van der Waals surface area (Å²) >= 11 is 0. The summed E-state index contributed by atoms with van der Waals surface area (Å²) in [4.78, 5) is 13.3. The van der Waals surface area contributed by atoms with Crippen molar-refractivity contribution in [2.75, 3.05) is 11.4 Å². The normalized spacial score (nSPS) is 20.5. The third-order valence-corrected chi connectivity index (χ3v) is 2.64. The highest BCUT2D eigenvalue weighted by Crippen LogP contribution is 2.23. The van der Waals surface area contributed by atoms with Gasteiger partial charge in [-0.05, 0) is 31.0 Å². The molecule has 1 saturated heterocycles. The van der Waals surface area contributed by atoms with Crippen LogP contribution >= 0.6 is 0 Å². The van der Waals surface area contributed by atoms with Gasteiger partial charge in [-0.1, -0.05) is 19.1 Å². The van der Waals surface area contributed by atoms with E-state index in [-0.39, 0.29) is 12.2 Å². The van der Waals surface area contributed by atoms with E-state index in [1.807, 2.05) is 38.1 Å². The quantitative estimate of drug-likeness (QED) is 0.743. The number of aryl methyl sites for hydroxylation is 1. The molecule has 0 aromatic heterocycles. The van der Waals surface area contributed by atoms with Crippen LogP contribution in [0.3, 0.4) is 0 Å². The lowest BCUT2D eigenvalue weighted by Gasteiger charge is -2.13. The van der Waals surface area contributed by atoms with Gasteiger partial charge in [0.2, 0.25) is 0 Å². The largest absolute Gasteiger partial charge is 0.444 e. The van der Waals surface area contributed by atoms with Crippen LogP contribution in [-0.2, 0) is 4.74 Å². The zero-order valence-electron chi connectivity index (χ0n) is 9.06. The van der Waals surface area contributed by atoms with Gasteiger partial charge >= 0.3 is 6.09 Å². The molecule has 0 N–H and O–H groups in total. The molecule has 1 aromatic rings. The van der Waals surface area contributed by atoms with Gasteiger partial charge in [-0.2, -0.15) is 0 Å². The second-order valence-electron chi connectivity index (χ2n) is 3.86. The van der Waals surface area contributed by atoms with E-state index in [9.17, 15) is 4.79 Å². The number of carbonyl (C=O) groups is 1. The minimum Gasteiger partial charge on any atom is -0.444 e. The fourth-order valence-corrected chi connectivity index (χ4v) is 1.74. The first-order valence-corrected chi connectivity index (χ1v) is 5.25. The fraction of sp³-hybridized carbons (Fsp3) is 0.417. The van der Waals surface area contributed by atoms with E-state index in [1.54, 1.807) is 4.90 Å². The van der Waals surface area contributed by atoms with E-state index in [1.165, 1.54) is 0 Å². The molecule has 3 heteroatoms. The molecule has 1 aromatic carbocycles. The Bertz CT molecular complexity index is 376. The summed E-state index contributed by atoms with van der Waals surface area (Å²) in [6.45, 7) is 4.71. The monoisotopic (exact) mass is 205 g/mol. The molecule has 15 heavy (non-hydrogen) atoms. The Kier molecular flexibility index (Phi) is 2.62. The molecule has 0 saturated carbocycles. The number of rotatable bonds is 2. The van der Waals surface area contributed by atoms with Crippen molar-refractivity contribution in [1.29, 1.82) is 0 Å². The molecular formula is C12H15NO2. The van der Waals surface area contributed by atoms with Gasteiger partial charge in [-0.3, -0.25) is 4.90 Å². The van der Waals surface area contributed by atoms with Crippen LogP contribution in [-0.4, -0.2) is 18.7 Å². The summed E-state index contributed by atoms with van der Waals surface area (Å²) in [5, 5.41) is 0. The lowest BCUT2D eigenvalue weighted by atomic mass is 10.2. The van der Waals surface area contributed by atoms with E-state index in [2.05, 4.69) is 0 Å². The van der Waals surface area contributed by atoms with Crippen LogP contribution in [0.15, 0.2) is 24.3 Å². The molecule has 1 aliphatic rings. The zero-order chi connectivity index (χ0) is 10.8. The summed E-state index contributed by atoms with van der Waals surface area (Å²) in [5.74, 6) is 0. The molecule has 1 amide bonds. The number of anilines is 1. The number of ether oxygens (including phenoxy) is 1. The molecule has 2 rings (SSSR count). The van der Waals surface area contributed by atoms with Crippen LogP contribution in [0.5, 0.6) is 0 Å². The number of carbonyl (C=O) groups excluding carboxylic acids is 1. The van der Waals surface area contributed by atoms with Crippen LogP contribution < -0.4 is 4.90 Å². The highest BCUT2D eigenvalue weighted by Gasteiger charge is 2.30. The predicted octanol–water partition coefficient (Wildman–Crippen LogP) is 2.73. The Morgan fingerprint density at radius 3 is 2.93 bits per heavy atom. The summed E-state index contributed by atoms with van der Waals surface area (Å²) < 4.78 is 5.20. The van der Waals surface area contributed by atoms with Crippen LogP contribution in [0.2, 0.25) is 0 Å². The van der Waals surface area contributed by atoms with Crippen molar-refractivity contribution < 1.29 is 9.53 Å². The van der Waals surface area contributed by atoms with Gasteiger partial charge in [0.05, 0.1) is 6.54 Å². The van der Waals surface area contributed by atoms with E-state index in [0.29, 0.717) is 6.54 Å². The molecule has 0 radical (unpaired) electrons. The average Bonchev–Trinajstić information content (AvgIpc) is 2.60. The molecule has 0 spiro atoms. The fourth-order valence-electron chi connectivity index (χ4n) is 1.74. The SMILES string of the molecule is CCC1CN(c2cccc(C)c2)C(=O)O1. The summed E-state index contributed by atoms with van der Waals surface area (Å²) in [6.07, 6.45) is 0.680. The van der Waals surface area contributed by atoms with E-state index in [4.69, 9.17) is 4.74 Å². The molecule has 1 heterocycles. The molecule has 80 valence electrons. The minimum atomic E-state index is -0.229. The summed E-state index contributed by atoms with van der Waals surface area (Å²) in [7, 11) is 0. The van der Waals surface area contributed by atoms with Crippen LogP contribution in [0, 0.1) is 6.92 Å². The van der Waals surface area contributed by atoms with Gasteiger partial charge in [0.15, 0.2) is 0 Å². The van der Waals surface area contributed by atoms with Crippen molar-refractivity contribution in [3.05, 3.63) is 29.8 Å². The minimum absolute atomic E-state index is 0.0398. The van der Waals surface area contributed by atoms with Crippen molar-refractivity contribution >= 4 is 11.8 Å². The average molecular weight is 205 g/mol. The third kappa shape index (κ3) is 1.96. The highest BCUT2D eigenvalue weighted by atomic mass is 16.6. The molecule has 0 bridgehead atoms. The molecule has 3 nitrogen and oxygen atoms in total. The zero-order valence-corrected chi connectivity index (χ0v) is 9.06. The highest BCUT2D eigenvalue weighted by molar-refractivity contribution is 5.89. The molecule has 1 unspecified atom stereocenters. The van der Waals surface area contributed by atoms with Crippen LogP contribution in [0.25, 0.3) is 0 Å². The summed E-state index contributed by atoms with van der Waals surface area (Å²) in [6, 6.07) is 7.91. The smallest absolute Gasteiger partial charge is 0.414 e. The Morgan fingerprint density at radius 2 is 2.33 bits per heavy atom. The van der Waals surface area contributed by atoms with Crippen molar-refractivity contribution in [1.82, 2.24) is 0 Å². The molecule has 1 fully saturated rings. The Hall–Kier alpha value is -1.51. The predicted molar refractivity (Wildman–Crippen MR) is 59.1 cm³/mol. The van der Waals surface area contributed by atoms with Gasteiger partial charge in [0.25, 0.3) is 0 Å². The van der Waals surface area contributed by atoms with Gasteiger partial charge in [-0.25, -0.2) is 4.79 Å². The Balaban J connectivity index is 2.21. The second kappa shape index (κ2) is 3.93. The second-order valence-corrected chi connectivity index (χ2v) is 3.86. The van der Waals surface area contributed by atoms with Crippen molar-refractivity contribution in [3.8, 4) is 0 Å². The maximum Gasteiger partial charge on any atom is 0.414 e. The molecule has 0 aliphatic carbocycles. The lowest BCUT2D eigenvalue weighted by Crippen LogP contribution is -2.24. The number of amides is 1. The van der Waals surface area contributed by atoms with Crippen LogP contribution in [0.4, 0.5) is 10.5 Å². The van der Waals surface area contributed by atoms with Gasteiger partial charge in [-0.15, -0.1) is 0 Å². The van der Waals surface area contributed by atoms with E-state index < -0.39 is 0 Å². The number of benzene rings is 1. The number of hydrogen-bond acceptors (Lipinski definition) is 2. The van der Waals surface area contributed by atoms with Crippen molar-refractivity contribution in [3.63, 3.8) is 0 Å². The van der Waals surface area contributed by atoms with Gasteiger partial charge < -0.3 is 4.74 Å². The molecular weight excluding hydrogens is 190 g/mol. The number of hydrogen-bond donors (Lipinski definition) is 0. The van der Waals surface area contributed by atoms with Crippen LogP contribution in [0.1, 0.15) is 18.9 Å². The van der Waals surface area contributed by atoms with E-state index in [0.717, 1.165) is 17.7 Å². The van der Waals surface area contributed by atoms with Crippen molar-refractivity contribution in [2.45, 2.75) is 26.4 Å². The Morgan fingerprint density at radius 1 is 1.53 bits per heavy atom. The molecule has 1 atom stereocenters. The number of nitrogens with zero attached hydrogens (tertiary/aromatic N) is 1.